The molecule has 5 rings (SSSR count). The normalized spacial score (nSPS) is 15.1. The molecule has 2 fully saturated rings. The molecule has 0 bridgehead atoms. The lowest BCUT2D eigenvalue weighted by Crippen LogP contribution is -2.25. The number of carbonyl (C=O) groups excluding carboxylic acids is 3. The molecule has 168 valence electrons. The largest absolute Gasteiger partial charge is 0.349 e. The Labute approximate surface area is 196 Å². The number of nitrogens with one attached hydrogen (secondary N) is 3. The summed E-state index contributed by atoms with van der Waals surface area (Å²) in [6.07, 6.45) is 4.14. The van der Waals surface area contributed by atoms with Gasteiger partial charge in [0, 0.05) is 33.8 Å². The van der Waals surface area contributed by atoms with Crippen molar-refractivity contribution in [2.75, 3.05) is 5.32 Å². The van der Waals surface area contributed by atoms with Gasteiger partial charge < -0.3 is 16.0 Å². The van der Waals surface area contributed by atoms with Crippen LogP contribution in [0.25, 0.3) is 10.4 Å². The molecular formula is C26H25N3O3S. The fraction of sp³-hybridized carbons (Fsp3) is 0.269. The lowest BCUT2D eigenvalue weighted by Gasteiger charge is -2.10. The van der Waals surface area contributed by atoms with E-state index in [0.29, 0.717) is 27.7 Å². The highest BCUT2D eigenvalue weighted by Gasteiger charge is 2.25. The third-order valence-corrected chi connectivity index (χ3v) is 6.95. The summed E-state index contributed by atoms with van der Waals surface area (Å²) in [7, 11) is 0. The summed E-state index contributed by atoms with van der Waals surface area (Å²) in [6, 6.07) is 17.1. The molecule has 0 atom stereocenters. The third kappa shape index (κ3) is 5.14. The fourth-order valence-corrected chi connectivity index (χ4v) is 4.40. The lowest BCUT2D eigenvalue weighted by atomic mass is 10.1. The molecule has 2 aromatic carbocycles. The molecule has 33 heavy (non-hydrogen) atoms. The van der Waals surface area contributed by atoms with Gasteiger partial charge in [-0.3, -0.25) is 14.4 Å². The van der Waals surface area contributed by atoms with Crippen molar-refractivity contribution in [1.29, 1.82) is 0 Å². The quantitative estimate of drug-likeness (QED) is 0.476. The van der Waals surface area contributed by atoms with Crippen LogP contribution in [0.15, 0.2) is 54.6 Å². The number of anilines is 1. The van der Waals surface area contributed by atoms with E-state index in [1.54, 1.807) is 24.3 Å². The van der Waals surface area contributed by atoms with Crippen LogP contribution in [-0.2, 0) is 0 Å². The van der Waals surface area contributed by atoms with Crippen molar-refractivity contribution in [3.8, 4) is 10.4 Å². The topological polar surface area (TPSA) is 87.3 Å². The van der Waals surface area contributed by atoms with E-state index in [1.807, 2.05) is 37.3 Å². The number of rotatable bonds is 7. The van der Waals surface area contributed by atoms with Crippen LogP contribution in [0, 0.1) is 6.92 Å². The van der Waals surface area contributed by atoms with Crippen molar-refractivity contribution in [3.05, 3.63) is 76.2 Å². The fourth-order valence-electron chi connectivity index (χ4n) is 3.50. The molecule has 3 aromatic rings. The Balaban J connectivity index is 1.29. The third-order valence-electron chi connectivity index (χ3n) is 5.81. The number of benzene rings is 2. The smallest absolute Gasteiger partial charge is 0.265 e. The average Bonchev–Trinajstić information content (AvgIpc) is 3.75. The molecule has 3 N–H and O–H groups in total. The van der Waals surface area contributed by atoms with Gasteiger partial charge >= 0.3 is 0 Å². The van der Waals surface area contributed by atoms with Gasteiger partial charge in [-0.2, -0.15) is 0 Å². The van der Waals surface area contributed by atoms with Crippen molar-refractivity contribution >= 4 is 34.7 Å². The molecule has 6 nitrogen and oxygen atoms in total. The molecule has 3 amide bonds. The number of hydrogen-bond donors (Lipinski definition) is 3. The summed E-state index contributed by atoms with van der Waals surface area (Å²) < 4.78 is 0. The van der Waals surface area contributed by atoms with Crippen LogP contribution in [0.5, 0.6) is 0 Å². The van der Waals surface area contributed by atoms with E-state index >= 15 is 0 Å². The van der Waals surface area contributed by atoms with E-state index in [9.17, 15) is 14.4 Å². The Hall–Kier alpha value is -3.45. The van der Waals surface area contributed by atoms with Gasteiger partial charge in [-0.1, -0.05) is 18.2 Å². The second-order valence-electron chi connectivity index (χ2n) is 8.72. The first-order valence-corrected chi connectivity index (χ1v) is 12.0. The first-order chi connectivity index (χ1) is 16.0. The Morgan fingerprint density at radius 3 is 2.12 bits per heavy atom. The monoisotopic (exact) mass is 459 g/mol. The van der Waals surface area contributed by atoms with Gasteiger partial charge in [-0.15, -0.1) is 11.3 Å². The maximum absolute atomic E-state index is 12.9. The van der Waals surface area contributed by atoms with Crippen LogP contribution in [0.4, 0.5) is 5.69 Å². The molecule has 7 heteroatoms. The van der Waals surface area contributed by atoms with Crippen LogP contribution < -0.4 is 16.0 Å². The van der Waals surface area contributed by atoms with E-state index in [0.717, 1.165) is 41.7 Å². The first-order valence-electron chi connectivity index (χ1n) is 11.2. The Kier molecular flexibility index (Phi) is 5.72. The molecule has 1 aromatic heterocycles. The summed E-state index contributed by atoms with van der Waals surface area (Å²) in [4.78, 5) is 39.1. The number of aryl methyl sites for hydroxylation is 1. The predicted molar refractivity (Wildman–Crippen MR) is 130 cm³/mol. The van der Waals surface area contributed by atoms with Gasteiger partial charge in [0.05, 0.1) is 4.88 Å². The number of amides is 3. The van der Waals surface area contributed by atoms with Crippen molar-refractivity contribution in [2.45, 2.75) is 44.7 Å². The minimum Gasteiger partial charge on any atom is -0.349 e. The molecule has 0 unspecified atom stereocenters. The van der Waals surface area contributed by atoms with Gasteiger partial charge in [0.2, 0.25) is 0 Å². The molecule has 0 radical (unpaired) electrons. The maximum atomic E-state index is 12.9. The zero-order valence-electron chi connectivity index (χ0n) is 18.3. The zero-order valence-corrected chi connectivity index (χ0v) is 19.1. The molecule has 1 heterocycles. The molecule has 0 spiro atoms. The Bertz CT molecular complexity index is 1240. The molecule has 0 aliphatic heterocycles. The van der Waals surface area contributed by atoms with Gasteiger partial charge in [-0.05, 0) is 80.1 Å². The molecule has 2 saturated carbocycles. The molecule has 0 saturated heterocycles. The highest BCUT2D eigenvalue weighted by Crippen LogP contribution is 2.30. The highest BCUT2D eigenvalue weighted by molar-refractivity contribution is 7.17. The van der Waals surface area contributed by atoms with E-state index in [1.165, 1.54) is 11.3 Å². The van der Waals surface area contributed by atoms with Gasteiger partial charge in [-0.25, -0.2) is 0 Å². The predicted octanol–water partition coefficient (Wildman–Crippen LogP) is 4.76. The number of carbonyl (C=O) groups is 3. The second kappa shape index (κ2) is 8.83. The average molecular weight is 460 g/mol. The number of hydrogen-bond acceptors (Lipinski definition) is 4. The second-order valence-corrected chi connectivity index (χ2v) is 9.81. The van der Waals surface area contributed by atoms with E-state index < -0.39 is 0 Å². The van der Waals surface area contributed by atoms with Gasteiger partial charge in [0.25, 0.3) is 17.7 Å². The standard InChI is InChI=1S/C26H25N3O3S/c1-15-5-6-18(25(31)28-20-9-10-20)14-21(15)29-26(32)23-12-11-22(33-23)16-3-2-4-17(13-16)24(30)27-19-7-8-19/h2-6,11-14,19-20H,7-10H2,1H3,(H,27,30)(H,28,31)(H,29,32). The lowest BCUT2D eigenvalue weighted by molar-refractivity contribution is 0.0942. The SMILES string of the molecule is Cc1ccc(C(=O)NC2CC2)cc1NC(=O)c1ccc(-c2cccc(C(=O)NC3CC3)c2)s1. The minimum absolute atomic E-state index is 0.0602. The van der Waals surface area contributed by atoms with Gasteiger partial charge in [0.15, 0.2) is 0 Å². The molecule has 2 aliphatic carbocycles. The van der Waals surface area contributed by atoms with Crippen LogP contribution >= 0.6 is 11.3 Å². The van der Waals surface area contributed by atoms with E-state index in [4.69, 9.17) is 0 Å². The maximum Gasteiger partial charge on any atom is 0.265 e. The Morgan fingerprint density at radius 2 is 1.45 bits per heavy atom. The summed E-state index contributed by atoms with van der Waals surface area (Å²) in [5, 5.41) is 8.92. The molecular weight excluding hydrogens is 434 g/mol. The van der Waals surface area contributed by atoms with Crippen LogP contribution in [-0.4, -0.2) is 29.8 Å². The van der Waals surface area contributed by atoms with Crippen LogP contribution in [0.2, 0.25) is 0 Å². The summed E-state index contributed by atoms with van der Waals surface area (Å²) in [5.41, 5.74) is 3.57. The Morgan fingerprint density at radius 1 is 0.788 bits per heavy atom. The number of thiophene rings is 1. The summed E-state index contributed by atoms with van der Waals surface area (Å²) in [5.74, 6) is -0.399. The van der Waals surface area contributed by atoms with Crippen LogP contribution in [0.1, 0.15) is 61.6 Å². The van der Waals surface area contributed by atoms with Crippen molar-refractivity contribution < 1.29 is 14.4 Å². The minimum atomic E-state index is -0.225. The van der Waals surface area contributed by atoms with E-state index in [-0.39, 0.29) is 23.8 Å². The summed E-state index contributed by atoms with van der Waals surface area (Å²) >= 11 is 1.37. The first kappa shape index (κ1) is 21.4. The van der Waals surface area contributed by atoms with Crippen molar-refractivity contribution in [3.63, 3.8) is 0 Å². The zero-order chi connectivity index (χ0) is 22.9. The van der Waals surface area contributed by atoms with Crippen LogP contribution in [0.3, 0.4) is 0 Å². The van der Waals surface area contributed by atoms with Crippen molar-refractivity contribution in [1.82, 2.24) is 10.6 Å². The summed E-state index contributed by atoms with van der Waals surface area (Å²) in [6.45, 7) is 1.90. The van der Waals surface area contributed by atoms with Gasteiger partial charge in [0.1, 0.15) is 0 Å². The molecule has 2 aliphatic rings. The van der Waals surface area contributed by atoms with Crippen molar-refractivity contribution in [2.24, 2.45) is 0 Å². The van der Waals surface area contributed by atoms with E-state index in [2.05, 4.69) is 16.0 Å². The highest BCUT2D eigenvalue weighted by atomic mass is 32.1.